The smallest absolute Gasteiger partial charge is 0.227 e. The minimum absolute atomic E-state index is 0.0419. The molecule has 0 saturated carbocycles. The van der Waals surface area contributed by atoms with Crippen LogP contribution >= 0.6 is 0 Å². The van der Waals surface area contributed by atoms with Crippen molar-refractivity contribution in [3.05, 3.63) is 65.8 Å². The zero-order valence-electron chi connectivity index (χ0n) is 20.1. The van der Waals surface area contributed by atoms with Gasteiger partial charge in [-0.2, -0.15) is 4.98 Å². The molecule has 2 heterocycles. The van der Waals surface area contributed by atoms with E-state index in [-0.39, 0.29) is 18.9 Å². The van der Waals surface area contributed by atoms with E-state index in [1.807, 2.05) is 47.4 Å². The van der Waals surface area contributed by atoms with Gasteiger partial charge in [0, 0.05) is 32.0 Å². The molecule has 0 N–H and O–H groups in total. The Morgan fingerprint density at radius 2 is 2.00 bits per heavy atom. The van der Waals surface area contributed by atoms with Gasteiger partial charge >= 0.3 is 0 Å². The molecule has 1 atom stereocenters. The van der Waals surface area contributed by atoms with Crippen LogP contribution in [-0.4, -0.2) is 55.2 Å². The lowest BCUT2D eigenvalue weighted by Gasteiger charge is -2.23. The molecule has 1 aliphatic heterocycles. The molecule has 180 valence electrons. The van der Waals surface area contributed by atoms with Crippen LogP contribution in [0.3, 0.4) is 0 Å². The Kier molecular flexibility index (Phi) is 7.80. The summed E-state index contributed by atoms with van der Waals surface area (Å²) in [5.74, 6) is 2.92. The van der Waals surface area contributed by atoms with Gasteiger partial charge in [0.25, 0.3) is 0 Å². The number of anilines is 1. The van der Waals surface area contributed by atoms with E-state index < -0.39 is 0 Å². The number of ether oxygens (including phenoxy) is 2. The van der Waals surface area contributed by atoms with Crippen LogP contribution < -0.4 is 14.4 Å². The second kappa shape index (κ2) is 11.2. The van der Waals surface area contributed by atoms with E-state index in [0.717, 1.165) is 36.6 Å². The lowest BCUT2D eigenvalue weighted by molar-refractivity contribution is -0.118. The van der Waals surface area contributed by atoms with Gasteiger partial charge in [0.05, 0.1) is 12.8 Å². The highest BCUT2D eigenvalue weighted by atomic mass is 16.5. The molecular formula is C26H32N4O4. The molecule has 1 amide bonds. The average molecular weight is 465 g/mol. The third-order valence-corrected chi connectivity index (χ3v) is 5.95. The molecule has 1 aromatic heterocycles. The predicted molar refractivity (Wildman–Crippen MR) is 129 cm³/mol. The van der Waals surface area contributed by atoms with Crippen molar-refractivity contribution in [2.45, 2.75) is 32.3 Å². The van der Waals surface area contributed by atoms with E-state index >= 15 is 0 Å². The summed E-state index contributed by atoms with van der Waals surface area (Å²) in [4.78, 5) is 21.8. The number of hydrogen-bond acceptors (Lipinski definition) is 7. The molecular weight excluding hydrogens is 432 g/mol. The highest BCUT2D eigenvalue weighted by Gasteiger charge is 2.26. The SMILES string of the molecule is COc1ccc2c(c1)N(C(=O)CCc1nc(COc3ccccc3)no1)CCC(CN(C)C)C2. The van der Waals surface area contributed by atoms with Crippen molar-refractivity contribution in [3.8, 4) is 11.5 Å². The maximum atomic E-state index is 13.3. The van der Waals surface area contributed by atoms with E-state index in [2.05, 4.69) is 35.2 Å². The van der Waals surface area contributed by atoms with Crippen molar-refractivity contribution >= 4 is 11.6 Å². The van der Waals surface area contributed by atoms with Gasteiger partial charge in [0.2, 0.25) is 17.6 Å². The Bertz CT molecular complexity index is 1080. The third kappa shape index (κ3) is 6.14. The topological polar surface area (TPSA) is 80.9 Å². The van der Waals surface area contributed by atoms with E-state index in [0.29, 0.717) is 30.6 Å². The quantitative estimate of drug-likeness (QED) is 0.477. The van der Waals surface area contributed by atoms with E-state index in [4.69, 9.17) is 14.0 Å². The molecule has 0 radical (unpaired) electrons. The number of para-hydroxylation sites is 1. The Morgan fingerprint density at radius 3 is 2.76 bits per heavy atom. The maximum Gasteiger partial charge on any atom is 0.227 e. The van der Waals surface area contributed by atoms with Crippen LogP contribution in [0.5, 0.6) is 11.5 Å². The van der Waals surface area contributed by atoms with E-state index in [1.165, 1.54) is 5.56 Å². The number of carbonyl (C=O) groups excluding carboxylic acids is 1. The largest absolute Gasteiger partial charge is 0.497 e. The van der Waals surface area contributed by atoms with Gasteiger partial charge in [-0.3, -0.25) is 4.79 Å². The molecule has 0 fully saturated rings. The van der Waals surface area contributed by atoms with Crippen LogP contribution in [0, 0.1) is 5.92 Å². The fraction of sp³-hybridized carbons (Fsp3) is 0.423. The summed E-state index contributed by atoms with van der Waals surface area (Å²) < 4.78 is 16.4. The molecule has 0 aliphatic carbocycles. The molecule has 0 bridgehead atoms. The van der Waals surface area contributed by atoms with Crippen LogP contribution in [0.25, 0.3) is 0 Å². The molecule has 8 nitrogen and oxygen atoms in total. The van der Waals surface area contributed by atoms with Gasteiger partial charge in [-0.25, -0.2) is 0 Å². The Hall–Kier alpha value is -3.39. The van der Waals surface area contributed by atoms with Crippen molar-refractivity contribution in [2.24, 2.45) is 5.92 Å². The first-order valence-electron chi connectivity index (χ1n) is 11.6. The fourth-order valence-electron chi connectivity index (χ4n) is 4.33. The zero-order chi connectivity index (χ0) is 23.9. The number of aryl methyl sites for hydroxylation is 1. The van der Waals surface area contributed by atoms with E-state index in [9.17, 15) is 4.79 Å². The fourth-order valence-corrected chi connectivity index (χ4v) is 4.33. The summed E-state index contributed by atoms with van der Waals surface area (Å²) in [6.07, 6.45) is 2.56. The summed E-state index contributed by atoms with van der Waals surface area (Å²) in [5.41, 5.74) is 2.12. The monoisotopic (exact) mass is 464 g/mol. The second-order valence-corrected chi connectivity index (χ2v) is 8.87. The molecule has 2 aromatic carbocycles. The van der Waals surface area contributed by atoms with Crippen molar-refractivity contribution in [2.75, 3.05) is 39.2 Å². The highest BCUT2D eigenvalue weighted by molar-refractivity contribution is 5.94. The van der Waals surface area contributed by atoms with Gasteiger partial charge in [-0.15, -0.1) is 0 Å². The van der Waals surface area contributed by atoms with Crippen LogP contribution in [0.4, 0.5) is 5.69 Å². The first-order valence-corrected chi connectivity index (χ1v) is 11.6. The lowest BCUT2D eigenvalue weighted by Crippen LogP contribution is -2.33. The van der Waals surface area contributed by atoms with E-state index in [1.54, 1.807) is 7.11 Å². The number of aromatic nitrogens is 2. The standard InChI is InChI=1S/C26H32N4O4/c1-29(2)17-19-13-14-30(23-16-22(32-3)10-9-20(23)15-19)26(31)12-11-25-27-24(28-34-25)18-33-21-7-5-4-6-8-21/h4-10,16,19H,11-15,17-18H2,1-3H3. The number of carbonyl (C=O) groups is 1. The van der Waals surface area contributed by atoms with Crippen LogP contribution in [0.1, 0.15) is 30.1 Å². The minimum atomic E-state index is 0.0419. The molecule has 34 heavy (non-hydrogen) atoms. The molecule has 0 saturated heterocycles. The number of hydrogen-bond donors (Lipinski definition) is 0. The molecule has 1 aliphatic rings. The van der Waals surface area contributed by atoms with Gasteiger partial charge in [-0.1, -0.05) is 29.4 Å². The van der Waals surface area contributed by atoms with Crippen LogP contribution in [-0.2, 0) is 24.2 Å². The summed E-state index contributed by atoms with van der Waals surface area (Å²) in [6.45, 7) is 1.88. The van der Waals surface area contributed by atoms with Crippen molar-refractivity contribution < 1.29 is 18.8 Å². The molecule has 3 aromatic rings. The lowest BCUT2D eigenvalue weighted by atomic mass is 9.96. The Labute approximate surface area is 200 Å². The number of benzene rings is 2. The third-order valence-electron chi connectivity index (χ3n) is 5.95. The van der Waals surface area contributed by atoms with Crippen molar-refractivity contribution in [1.82, 2.24) is 15.0 Å². The normalized spacial score (nSPS) is 15.6. The molecule has 1 unspecified atom stereocenters. The predicted octanol–water partition coefficient (Wildman–Crippen LogP) is 3.75. The van der Waals surface area contributed by atoms with Gasteiger partial charge in [0.15, 0.2) is 6.61 Å². The zero-order valence-corrected chi connectivity index (χ0v) is 20.1. The molecule has 0 spiro atoms. The first kappa shape index (κ1) is 23.8. The summed E-state index contributed by atoms with van der Waals surface area (Å²) in [5, 5.41) is 3.98. The number of nitrogens with zero attached hydrogens (tertiary/aromatic N) is 4. The van der Waals surface area contributed by atoms with Crippen molar-refractivity contribution in [3.63, 3.8) is 0 Å². The van der Waals surface area contributed by atoms with Crippen LogP contribution in [0.15, 0.2) is 53.1 Å². The highest BCUT2D eigenvalue weighted by Crippen LogP contribution is 2.33. The van der Waals surface area contributed by atoms with Gasteiger partial charge < -0.3 is 23.8 Å². The summed E-state index contributed by atoms with van der Waals surface area (Å²) >= 11 is 0. The second-order valence-electron chi connectivity index (χ2n) is 8.87. The number of amides is 1. The van der Waals surface area contributed by atoms with Gasteiger partial charge in [0.1, 0.15) is 11.5 Å². The van der Waals surface area contributed by atoms with Gasteiger partial charge in [-0.05, 0) is 56.6 Å². The Balaban J connectivity index is 1.40. The first-order chi connectivity index (χ1) is 16.5. The van der Waals surface area contributed by atoms with Crippen LogP contribution in [0.2, 0.25) is 0 Å². The Morgan fingerprint density at radius 1 is 1.18 bits per heavy atom. The molecule has 8 heteroatoms. The number of methoxy groups -OCH3 is 1. The average Bonchev–Trinajstić information content (AvgIpc) is 3.22. The number of rotatable bonds is 9. The maximum absolute atomic E-state index is 13.3. The minimum Gasteiger partial charge on any atom is -0.497 e. The summed E-state index contributed by atoms with van der Waals surface area (Å²) in [6, 6.07) is 15.5. The van der Waals surface area contributed by atoms with Crippen molar-refractivity contribution in [1.29, 1.82) is 0 Å². The summed E-state index contributed by atoms with van der Waals surface area (Å²) in [7, 11) is 5.83. The molecule has 4 rings (SSSR count). The number of fused-ring (bicyclic) bond motifs is 1.